The highest BCUT2D eigenvalue weighted by molar-refractivity contribution is 6.08. The highest BCUT2D eigenvalue weighted by Crippen LogP contribution is 2.50. The van der Waals surface area contributed by atoms with E-state index >= 15 is 0 Å². The molecule has 3 N–H and O–H groups in total. The van der Waals surface area contributed by atoms with Crippen molar-refractivity contribution in [2.24, 2.45) is 11.8 Å². The zero-order chi connectivity index (χ0) is 32.3. The van der Waals surface area contributed by atoms with Crippen LogP contribution in [0.1, 0.15) is 93.0 Å². The third-order valence-electron chi connectivity index (χ3n) is 9.23. The van der Waals surface area contributed by atoms with Crippen molar-refractivity contribution in [3.05, 3.63) is 58.6 Å². The Morgan fingerprint density at radius 2 is 1.73 bits per heavy atom. The molecule has 3 aliphatic carbocycles. The van der Waals surface area contributed by atoms with Crippen LogP contribution in [0, 0.1) is 11.8 Å². The fourth-order valence-corrected chi connectivity index (χ4v) is 6.85. The second-order valence-electron chi connectivity index (χ2n) is 12.8. The number of carbonyl (C=O) groups excluding carboxylic acids is 4. The van der Waals surface area contributed by atoms with Gasteiger partial charge in [-0.3, -0.25) is 23.9 Å². The molecule has 10 nitrogen and oxygen atoms in total. The molecule has 2 saturated carbocycles. The van der Waals surface area contributed by atoms with E-state index in [1.165, 1.54) is 4.90 Å². The molecule has 0 bridgehead atoms. The van der Waals surface area contributed by atoms with Gasteiger partial charge in [0.25, 0.3) is 17.7 Å². The van der Waals surface area contributed by atoms with Crippen LogP contribution in [0.15, 0.2) is 41.7 Å². The summed E-state index contributed by atoms with van der Waals surface area (Å²) in [5.74, 6) is -2.40. The van der Waals surface area contributed by atoms with E-state index in [1.807, 2.05) is 19.2 Å². The Labute approximate surface area is 258 Å². The molecule has 1 saturated heterocycles. The fourth-order valence-electron chi connectivity index (χ4n) is 6.85. The molecular weight excluding hydrogens is 589 g/mol. The van der Waals surface area contributed by atoms with Crippen molar-refractivity contribution >= 4 is 29.3 Å². The summed E-state index contributed by atoms with van der Waals surface area (Å²) < 4.78 is 43.8. The van der Waals surface area contributed by atoms with Crippen molar-refractivity contribution in [1.82, 2.24) is 25.3 Å². The Morgan fingerprint density at radius 3 is 2.33 bits per heavy atom. The molecule has 2 atom stereocenters. The number of nitrogens with zero attached hydrogens (tertiary/aromatic N) is 3. The van der Waals surface area contributed by atoms with Crippen LogP contribution in [-0.4, -0.2) is 56.6 Å². The van der Waals surface area contributed by atoms with Gasteiger partial charge in [-0.2, -0.15) is 18.3 Å². The predicted molar refractivity (Wildman–Crippen MR) is 158 cm³/mol. The number of halogens is 3. The Morgan fingerprint density at radius 1 is 1.04 bits per heavy atom. The first-order valence-corrected chi connectivity index (χ1v) is 15.5. The smallest absolute Gasteiger partial charge is 0.335 e. The number of anilines is 1. The number of hydrogen-bond acceptors (Lipinski definition) is 5. The summed E-state index contributed by atoms with van der Waals surface area (Å²) in [5, 5.41) is 12.0. The molecule has 2 aromatic rings. The van der Waals surface area contributed by atoms with Gasteiger partial charge in [0.2, 0.25) is 11.4 Å². The number of likely N-dealkylation sites (tertiary alicyclic amines) is 1. The van der Waals surface area contributed by atoms with Crippen LogP contribution >= 0.6 is 0 Å². The van der Waals surface area contributed by atoms with E-state index in [1.54, 1.807) is 35.1 Å². The largest absolute Gasteiger partial charge is 0.420 e. The van der Waals surface area contributed by atoms with Gasteiger partial charge in [0.1, 0.15) is 11.4 Å². The van der Waals surface area contributed by atoms with Gasteiger partial charge in [0.05, 0.1) is 6.04 Å². The summed E-state index contributed by atoms with van der Waals surface area (Å²) in [6.45, 7) is 4.66. The number of rotatable bonds is 9. The van der Waals surface area contributed by atoms with Gasteiger partial charge in [0.15, 0.2) is 0 Å². The number of carbonyl (C=O) groups is 4. The van der Waals surface area contributed by atoms with Gasteiger partial charge in [-0.05, 0) is 99.1 Å². The predicted octanol–water partition coefficient (Wildman–Crippen LogP) is 4.56. The second kappa shape index (κ2) is 11.3. The van der Waals surface area contributed by atoms with E-state index < -0.39 is 47.8 Å². The normalized spacial score (nSPS) is 22.8. The van der Waals surface area contributed by atoms with Crippen molar-refractivity contribution in [1.29, 1.82) is 0 Å². The van der Waals surface area contributed by atoms with Crippen LogP contribution in [0.2, 0.25) is 0 Å². The first kappa shape index (κ1) is 30.8. The Balaban J connectivity index is 1.23. The Hall–Kier alpha value is -4.16. The quantitative estimate of drug-likeness (QED) is 0.352. The average molecular weight is 627 g/mol. The van der Waals surface area contributed by atoms with E-state index in [2.05, 4.69) is 15.7 Å². The SMILES string of the molecule is CC(=O)N[C@]1(C(F)(F)F)CCN([C@@H]2CCc3cc(NC(=O)C(NC(=O)c4ccnn4C(C)C)=C(C4CC4)C4CC4)ccc32)C1=O. The molecule has 45 heavy (non-hydrogen) atoms. The summed E-state index contributed by atoms with van der Waals surface area (Å²) in [5.41, 5.74) is 0.686. The lowest BCUT2D eigenvalue weighted by molar-refractivity contribution is -0.199. The van der Waals surface area contributed by atoms with Crippen molar-refractivity contribution in [2.45, 2.75) is 89.5 Å². The van der Waals surface area contributed by atoms with Crippen LogP contribution in [0.4, 0.5) is 18.9 Å². The molecule has 0 spiro atoms. The van der Waals surface area contributed by atoms with E-state index in [4.69, 9.17) is 0 Å². The van der Waals surface area contributed by atoms with Crippen molar-refractivity contribution in [3.8, 4) is 0 Å². The maximum atomic E-state index is 14.1. The molecule has 0 unspecified atom stereocenters. The van der Waals surface area contributed by atoms with Crippen LogP contribution in [-0.2, 0) is 20.8 Å². The minimum atomic E-state index is -4.94. The number of aromatic nitrogens is 2. The van der Waals surface area contributed by atoms with Crippen molar-refractivity contribution < 1.29 is 32.3 Å². The lowest BCUT2D eigenvalue weighted by Gasteiger charge is -2.32. The molecule has 4 aliphatic rings. The van der Waals surface area contributed by atoms with Crippen LogP contribution < -0.4 is 16.0 Å². The van der Waals surface area contributed by atoms with Gasteiger partial charge in [0, 0.05) is 37.8 Å². The van der Waals surface area contributed by atoms with Gasteiger partial charge in [-0.25, -0.2) is 0 Å². The lowest BCUT2D eigenvalue weighted by Crippen LogP contribution is -2.63. The van der Waals surface area contributed by atoms with E-state index in [0.29, 0.717) is 29.8 Å². The molecule has 6 rings (SSSR count). The Kier molecular flexibility index (Phi) is 7.77. The maximum absolute atomic E-state index is 14.1. The minimum absolute atomic E-state index is 0.0466. The number of hydrogen-bond donors (Lipinski definition) is 3. The molecule has 13 heteroatoms. The highest BCUT2D eigenvalue weighted by atomic mass is 19.4. The molecule has 1 aromatic heterocycles. The molecule has 240 valence electrons. The summed E-state index contributed by atoms with van der Waals surface area (Å²) in [6, 6.07) is 6.17. The summed E-state index contributed by atoms with van der Waals surface area (Å²) >= 11 is 0. The van der Waals surface area contributed by atoms with Crippen LogP contribution in [0.25, 0.3) is 0 Å². The summed E-state index contributed by atoms with van der Waals surface area (Å²) in [7, 11) is 0. The first-order chi connectivity index (χ1) is 21.3. The zero-order valence-electron chi connectivity index (χ0n) is 25.5. The highest BCUT2D eigenvalue weighted by Gasteiger charge is 2.66. The van der Waals surface area contributed by atoms with E-state index in [9.17, 15) is 32.3 Å². The molecule has 1 aliphatic heterocycles. The van der Waals surface area contributed by atoms with E-state index in [0.717, 1.165) is 43.7 Å². The molecular formula is C32H37F3N6O4. The molecule has 3 fully saturated rings. The lowest BCUT2D eigenvalue weighted by atomic mass is 9.96. The third-order valence-corrected chi connectivity index (χ3v) is 9.23. The van der Waals surface area contributed by atoms with Crippen LogP contribution in [0.3, 0.4) is 0 Å². The van der Waals surface area contributed by atoms with Gasteiger partial charge < -0.3 is 20.9 Å². The number of nitrogens with one attached hydrogen (secondary N) is 3. The van der Waals surface area contributed by atoms with Gasteiger partial charge in [-0.1, -0.05) is 6.07 Å². The van der Waals surface area contributed by atoms with Crippen molar-refractivity contribution in [3.63, 3.8) is 0 Å². The number of allylic oxidation sites excluding steroid dienone is 1. The number of fused-ring (bicyclic) bond motifs is 1. The van der Waals surface area contributed by atoms with Crippen molar-refractivity contribution in [2.75, 3.05) is 11.9 Å². The van der Waals surface area contributed by atoms with Gasteiger partial charge >= 0.3 is 6.18 Å². The third kappa shape index (κ3) is 5.72. The van der Waals surface area contributed by atoms with E-state index in [-0.39, 0.29) is 30.1 Å². The second-order valence-corrected chi connectivity index (χ2v) is 12.8. The summed E-state index contributed by atoms with van der Waals surface area (Å²) in [6.07, 6.45) is 0.853. The number of benzene rings is 1. The number of alkyl halides is 3. The molecule has 0 radical (unpaired) electrons. The number of aryl methyl sites for hydroxylation is 1. The fraction of sp³-hybridized carbons (Fsp3) is 0.531. The minimum Gasteiger partial charge on any atom is -0.335 e. The number of amides is 4. The average Bonchev–Trinajstić information content (AvgIpc) is 3.86. The standard InChI is InChI=1S/C32H37F3N6O4/c1-17(2)41-25(12-14-36-41)28(43)38-27(26(19-4-5-19)20-6-7-20)29(44)37-22-9-10-23-21(16-22)8-11-24(23)40-15-13-31(30(40)45,32(33,34)35)39-18(3)42/h9-10,12,14,16-17,19-20,24H,4-8,11,13,15H2,1-3H3,(H,37,44)(H,38,43)(H,39,42)/t24-,31-/m1/s1. The maximum Gasteiger partial charge on any atom is 0.420 e. The first-order valence-electron chi connectivity index (χ1n) is 15.5. The van der Waals surface area contributed by atoms with Gasteiger partial charge in [-0.15, -0.1) is 0 Å². The Bertz CT molecular complexity index is 1580. The topological polar surface area (TPSA) is 125 Å². The molecule has 4 amide bonds. The molecule has 1 aromatic carbocycles. The zero-order valence-corrected chi connectivity index (χ0v) is 25.5. The summed E-state index contributed by atoms with van der Waals surface area (Å²) in [4.78, 5) is 53.2. The molecule has 2 heterocycles. The van der Waals surface area contributed by atoms with Crippen LogP contribution in [0.5, 0.6) is 0 Å². The monoisotopic (exact) mass is 626 g/mol.